The normalized spacial score (nSPS) is 11.7. The lowest BCUT2D eigenvalue weighted by atomic mass is 10.1. The summed E-state index contributed by atoms with van der Waals surface area (Å²) >= 11 is 1.34. The number of anilines is 1. The number of amides is 1. The highest BCUT2D eigenvalue weighted by molar-refractivity contribution is 7.92. The highest BCUT2D eigenvalue weighted by Gasteiger charge is 2.20. The Morgan fingerprint density at radius 1 is 0.962 bits per heavy atom. The second-order valence-electron chi connectivity index (χ2n) is 5.77. The molecule has 0 aliphatic heterocycles. The average molecular weight is 382 g/mol. The predicted octanol–water partition coefficient (Wildman–Crippen LogP) is 3.86. The molecule has 0 saturated carbocycles. The third kappa shape index (κ3) is 3.18. The van der Waals surface area contributed by atoms with Crippen molar-refractivity contribution in [3.63, 3.8) is 0 Å². The van der Waals surface area contributed by atoms with Gasteiger partial charge in [-0.05, 0) is 23.6 Å². The van der Waals surface area contributed by atoms with Crippen LogP contribution in [-0.2, 0) is 14.6 Å². The van der Waals surface area contributed by atoms with E-state index in [4.69, 9.17) is 0 Å². The quantitative estimate of drug-likeness (QED) is 0.581. The van der Waals surface area contributed by atoms with Crippen LogP contribution in [0.4, 0.5) is 5.13 Å². The number of nitrogens with one attached hydrogen (secondary N) is 1. The van der Waals surface area contributed by atoms with E-state index in [1.54, 1.807) is 18.2 Å². The monoisotopic (exact) mass is 382 g/mol. The first-order chi connectivity index (χ1) is 12.5. The van der Waals surface area contributed by atoms with Crippen LogP contribution < -0.4 is 5.32 Å². The lowest BCUT2D eigenvalue weighted by molar-refractivity contribution is -0.113. The Balaban J connectivity index is 1.59. The summed E-state index contributed by atoms with van der Waals surface area (Å²) in [6.07, 6.45) is 0. The minimum atomic E-state index is -3.68. The van der Waals surface area contributed by atoms with Crippen molar-refractivity contribution in [3.05, 3.63) is 66.7 Å². The van der Waals surface area contributed by atoms with Crippen molar-refractivity contribution in [2.45, 2.75) is 4.90 Å². The molecular weight excluding hydrogens is 368 g/mol. The molecule has 0 saturated heterocycles. The molecule has 1 aromatic heterocycles. The number of nitrogens with zero attached hydrogens (tertiary/aromatic N) is 1. The molecule has 0 radical (unpaired) electrons. The number of benzene rings is 3. The maximum atomic E-state index is 12.3. The van der Waals surface area contributed by atoms with Crippen LogP contribution in [0.25, 0.3) is 21.0 Å². The largest absolute Gasteiger partial charge is 0.301 e. The van der Waals surface area contributed by atoms with Crippen LogP contribution in [0.15, 0.2) is 71.6 Å². The third-order valence-electron chi connectivity index (χ3n) is 3.95. The van der Waals surface area contributed by atoms with E-state index in [1.807, 2.05) is 36.4 Å². The molecule has 0 aliphatic carbocycles. The van der Waals surface area contributed by atoms with E-state index in [2.05, 4.69) is 10.3 Å². The zero-order chi connectivity index (χ0) is 18.1. The summed E-state index contributed by atoms with van der Waals surface area (Å²) in [5.41, 5.74) is 0.773. The number of aromatic nitrogens is 1. The van der Waals surface area contributed by atoms with Gasteiger partial charge in [0, 0.05) is 5.39 Å². The Morgan fingerprint density at radius 3 is 2.50 bits per heavy atom. The van der Waals surface area contributed by atoms with E-state index < -0.39 is 21.5 Å². The van der Waals surface area contributed by atoms with Gasteiger partial charge in [-0.3, -0.25) is 4.79 Å². The highest BCUT2D eigenvalue weighted by Crippen LogP contribution is 2.32. The maximum absolute atomic E-state index is 12.3. The second kappa shape index (κ2) is 6.51. The van der Waals surface area contributed by atoms with Gasteiger partial charge in [0.05, 0.1) is 15.1 Å². The smallest absolute Gasteiger partial charge is 0.241 e. The van der Waals surface area contributed by atoms with Crippen molar-refractivity contribution >= 4 is 53.2 Å². The molecule has 0 bridgehead atoms. The van der Waals surface area contributed by atoms with Crippen molar-refractivity contribution in [3.8, 4) is 0 Å². The molecule has 1 N–H and O–H groups in total. The SMILES string of the molecule is O=C(CS(=O)(=O)c1ccccc1)Nc1nc2ccc3ccccc3c2s1. The fourth-order valence-electron chi connectivity index (χ4n) is 2.75. The van der Waals surface area contributed by atoms with E-state index in [9.17, 15) is 13.2 Å². The van der Waals surface area contributed by atoms with Crippen molar-refractivity contribution < 1.29 is 13.2 Å². The van der Waals surface area contributed by atoms with Crippen LogP contribution in [0, 0.1) is 0 Å². The van der Waals surface area contributed by atoms with Gasteiger partial charge < -0.3 is 5.32 Å². The van der Waals surface area contributed by atoms with Gasteiger partial charge in [0.25, 0.3) is 0 Å². The van der Waals surface area contributed by atoms with Gasteiger partial charge >= 0.3 is 0 Å². The Hall–Kier alpha value is -2.77. The standard InChI is InChI=1S/C19H14N2O3S2/c22-17(12-26(23,24)14-7-2-1-3-8-14)21-19-20-16-11-10-13-6-4-5-9-15(13)18(16)25-19/h1-11H,12H2,(H,20,21,22). The fraction of sp³-hybridized carbons (Fsp3) is 0.0526. The van der Waals surface area contributed by atoms with E-state index in [0.29, 0.717) is 5.13 Å². The molecule has 4 aromatic rings. The number of rotatable bonds is 4. The van der Waals surface area contributed by atoms with Gasteiger partial charge in [-0.25, -0.2) is 13.4 Å². The molecule has 26 heavy (non-hydrogen) atoms. The van der Waals surface area contributed by atoms with Gasteiger partial charge in [-0.15, -0.1) is 0 Å². The van der Waals surface area contributed by atoms with Crippen LogP contribution >= 0.6 is 11.3 Å². The topological polar surface area (TPSA) is 76.1 Å². The summed E-state index contributed by atoms with van der Waals surface area (Å²) < 4.78 is 25.6. The molecule has 0 atom stereocenters. The van der Waals surface area contributed by atoms with E-state index in [-0.39, 0.29) is 4.90 Å². The van der Waals surface area contributed by atoms with Gasteiger partial charge in [0.1, 0.15) is 5.75 Å². The van der Waals surface area contributed by atoms with Gasteiger partial charge in [0.15, 0.2) is 15.0 Å². The highest BCUT2D eigenvalue weighted by atomic mass is 32.2. The molecule has 0 unspecified atom stereocenters. The first-order valence-corrected chi connectivity index (χ1v) is 10.4. The lowest BCUT2D eigenvalue weighted by Gasteiger charge is -2.04. The van der Waals surface area contributed by atoms with Gasteiger partial charge in [-0.1, -0.05) is 59.9 Å². The molecule has 1 amide bonds. The van der Waals surface area contributed by atoms with E-state index in [1.165, 1.54) is 23.5 Å². The number of hydrogen-bond acceptors (Lipinski definition) is 5. The van der Waals surface area contributed by atoms with Crippen molar-refractivity contribution in [2.24, 2.45) is 0 Å². The van der Waals surface area contributed by atoms with Gasteiger partial charge in [0.2, 0.25) is 5.91 Å². The third-order valence-corrected chi connectivity index (χ3v) is 6.60. The maximum Gasteiger partial charge on any atom is 0.241 e. The minimum absolute atomic E-state index is 0.130. The summed E-state index contributed by atoms with van der Waals surface area (Å²) in [5, 5.41) is 5.15. The van der Waals surface area contributed by atoms with Gasteiger partial charge in [-0.2, -0.15) is 0 Å². The van der Waals surface area contributed by atoms with E-state index in [0.717, 1.165) is 21.0 Å². The second-order valence-corrected chi connectivity index (χ2v) is 8.76. The zero-order valence-corrected chi connectivity index (χ0v) is 15.2. The Morgan fingerprint density at radius 2 is 1.69 bits per heavy atom. The number of sulfone groups is 1. The van der Waals surface area contributed by atoms with Crippen molar-refractivity contribution in [1.29, 1.82) is 0 Å². The van der Waals surface area contributed by atoms with Crippen molar-refractivity contribution in [1.82, 2.24) is 4.98 Å². The first-order valence-electron chi connectivity index (χ1n) is 7.89. The number of fused-ring (bicyclic) bond motifs is 3. The van der Waals surface area contributed by atoms with Crippen LogP contribution in [0.5, 0.6) is 0 Å². The molecule has 0 spiro atoms. The zero-order valence-electron chi connectivity index (χ0n) is 13.5. The summed E-state index contributed by atoms with van der Waals surface area (Å²) in [7, 11) is -3.68. The summed E-state index contributed by atoms with van der Waals surface area (Å²) in [5.74, 6) is -1.22. The van der Waals surface area contributed by atoms with Crippen LogP contribution in [0.3, 0.4) is 0 Å². The summed E-state index contributed by atoms with van der Waals surface area (Å²) in [4.78, 5) is 16.7. The van der Waals surface area contributed by atoms with Crippen LogP contribution in [0.1, 0.15) is 0 Å². The molecule has 4 rings (SSSR count). The van der Waals surface area contributed by atoms with Crippen LogP contribution in [0.2, 0.25) is 0 Å². The molecule has 1 heterocycles. The molecule has 3 aromatic carbocycles. The molecular formula is C19H14N2O3S2. The molecule has 5 nitrogen and oxygen atoms in total. The number of hydrogen-bond donors (Lipinski definition) is 1. The Labute approximate surface area is 154 Å². The lowest BCUT2D eigenvalue weighted by Crippen LogP contribution is -2.22. The molecule has 0 fully saturated rings. The molecule has 0 aliphatic rings. The molecule has 7 heteroatoms. The summed E-state index contributed by atoms with van der Waals surface area (Å²) in [6, 6.07) is 19.7. The Bertz CT molecular complexity index is 1220. The summed E-state index contributed by atoms with van der Waals surface area (Å²) in [6.45, 7) is 0. The molecule has 130 valence electrons. The Kier molecular flexibility index (Phi) is 4.18. The van der Waals surface area contributed by atoms with Crippen molar-refractivity contribution in [2.75, 3.05) is 11.1 Å². The fourth-order valence-corrected chi connectivity index (χ4v) is 4.92. The predicted molar refractivity (Wildman–Crippen MR) is 104 cm³/mol. The number of carbonyl (C=O) groups excluding carboxylic acids is 1. The van der Waals surface area contributed by atoms with E-state index >= 15 is 0 Å². The van der Waals surface area contributed by atoms with Crippen LogP contribution in [-0.4, -0.2) is 25.1 Å². The number of carbonyl (C=O) groups is 1. The minimum Gasteiger partial charge on any atom is -0.301 e. The number of thiazole rings is 1. The average Bonchev–Trinajstić information content (AvgIpc) is 3.04. The first kappa shape index (κ1) is 16.7.